The monoisotopic (exact) mass is 442 g/mol. The average molecular weight is 443 g/mol. The minimum absolute atomic E-state index is 0.262. The van der Waals surface area contributed by atoms with Gasteiger partial charge in [-0.2, -0.15) is 0 Å². The van der Waals surface area contributed by atoms with Gasteiger partial charge < -0.3 is 18.9 Å². The molecular weight excluding hydrogens is 412 g/mol. The maximum atomic E-state index is 6.92. The molecule has 4 heteroatoms. The topological polar surface area (TPSA) is 36.9 Å². The van der Waals surface area contributed by atoms with Crippen LogP contribution in [0.4, 0.5) is 0 Å². The van der Waals surface area contributed by atoms with Gasteiger partial charge in [-0.15, -0.1) is 5.92 Å². The first kappa shape index (κ1) is 23.2. The van der Waals surface area contributed by atoms with E-state index in [1.807, 2.05) is 61.5 Å². The van der Waals surface area contributed by atoms with E-state index >= 15 is 0 Å². The van der Waals surface area contributed by atoms with Crippen LogP contribution >= 0.6 is 0 Å². The molecule has 3 aromatic rings. The Balaban J connectivity index is 1.72. The van der Waals surface area contributed by atoms with Crippen LogP contribution in [0.3, 0.4) is 0 Å². The van der Waals surface area contributed by atoms with E-state index in [9.17, 15) is 0 Å². The highest BCUT2D eigenvalue weighted by atomic mass is 16.7. The van der Waals surface area contributed by atoms with Crippen LogP contribution in [0.15, 0.2) is 91.0 Å². The molecule has 0 saturated carbocycles. The van der Waals surface area contributed by atoms with Crippen LogP contribution in [-0.2, 0) is 24.5 Å². The smallest absolute Gasteiger partial charge is 0.155 e. The molecule has 1 fully saturated rings. The van der Waals surface area contributed by atoms with Gasteiger partial charge in [0.05, 0.1) is 13.2 Å². The van der Waals surface area contributed by atoms with Crippen molar-refractivity contribution in [3.8, 4) is 11.8 Å². The zero-order valence-corrected chi connectivity index (χ0v) is 19.1. The minimum atomic E-state index is -0.803. The van der Waals surface area contributed by atoms with Gasteiger partial charge in [-0.05, 0) is 30.5 Å². The first-order valence-electron chi connectivity index (χ1n) is 11.3. The van der Waals surface area contributed by atoms with Crippen LogP contribution < -0.4 is 0 Å². The lowest BCUT2D eigenvalue weighted by Gasteiger charge is -2.40. The Hall–Kier alpha value is -2.94. The zero-order chi connectivity index (χ0) is 22.9. The molecule has 1 aliphatic rings. The van der Waals surface area contributed by atoms with E-state index in [4.69, 9.17) is 18.9 Å². The Morgan fingerprint density at radius 1 is 0.848 bits per heavy atom. The molecule has 0 spiro atoms. The summed E-state index contributed by atoms with van der Waals surface area (Å²) in [6, 6.07) is 31.0. The predicted octanol–water partition coefficient (Wildman–Crippen LogP) is 5.17. The summed E-state index contributed by atoms with van der Waals surface area (Å²) >= 11 is 0. The van der Waals surface area contributed by atoms with Crippen LogP contribution in [0.25, 0.3) is 0 Å². The summed E-state index contributed by atoms with van der Waals surface area (Å²) in [7, 11) is 0. The predicted molar refractivity (Wildman–Crippen MR) is 129 cm³/mol. The molecule has 0 amide bonds. The van der Waals surface area contributed by atoms with Crippen molar-refractivity contribution in [2.75, 3.05) is 19.8 Å². The third-order valence-corrected chi connectivity index (χ3v) is 5.83. The highest BCUT2D eigenvalue weighted by molar-refractivity contribution is 5.47. The Morgan fingerprint density at radius 3 is 1.85 bits per heavy atom. The highest BCUT2D eigenvalue weighted by Gasteiger charge is 2.40. The normalized spacial score (nSPS) is 20.6. The van der Waals surface area contributed by atoms with E-state index in [-0.39, 0.29) is 18.5 Å². The zero-order valence-electron chi connectivity index (χ0n) is 19.1. The molecule has 0 aromatic heterocycles. The van der Waals surface area contributed by atoms with Crippen molar-refractivity contribution in [1.82, 2.24) is 0 Å². The van der Waals surface area contributed by atoms with Gasteiger partial charge in [-0.25, -0.2) is 0 Å². The number of benzene rings is 3. The van der Waals surface area contributed by atoms with Crippen molar-refractivity contribution in [3.63, 3.8) is 0 Å². The summed E-state index contributed by atoms with van der Waals surface area (Å²) in [5, 5.41) is 0. The summed E-state index contributed by atoms with van der Waals surface area (Å²) < 4.78 is 24.7. The summed E-state index contributed by atoms with van der Waals surface area (Å²) in [6.07, 6.45) is -0.875. The van der Waals surface area contributed by atoms with Crippen molar-refractivity contribution in [2.45, 2.75) is 37.9 Å². The van der Waals surface area contributed by atoms with Gasteiger partial charge in [-0.3, -0.25) is 0 Å². The maximum absolute atomic E-state index is 6.92. The third-order valence-electron chi connectivity index (χ3n) is 5.83. The number of ether oxygens (including phenoxy) is 4. The lowest BCUT2D eigenvalue weighted by atomic mass is 9.80. The lowest BCUT2D eigenvalue weighted by molar-refractivity contribution is -0.265. The Kier molecular flexibility index (Phi) is 7.93. The maximum Gasteiger partial charge on any atom is 0.155 e. The van der Waals surface area contributed by atoms with Crippen molar-refractivity contribution >= 4 is 0 Å². The molecule has 33 heavy (non-hydrogen) atoms. The standard InChI is InChI=1S/C29H30O4/c1-3-4-20-30-27-21-31-23(2)33-28(27)22-32-29(24-14-8-5-9-15-24,25-16-10-6-11-17-25)26-18-12-7-13-19-26/h5-19,23,27-28H,20-22H2,1-2H3/t23-,27-,28+/m1/s1. The molecule has 3 atom stereocenters. The molecule has 1 aliphatic heterocycles. The fourth-order valence-electron chi connectivity index (χ4n) is 4.21. The van der Waals surface area contributed by atoms with Crippen LogP contribution in [0.5, 0.6) is 0 Å². The third kappa shape index (κ3) is 5.35. The van der Waals surface area contributed by atoms with Gasteiger partial charge in [0.15, 0.2) is 6.29 Å². The Bertz CT molecular complexity index is 944. The Labute approximate surface area is 196 Å². The second-order valence-corrected chi connectivity index (χ2v) is 7.94. The molecule has 4 rings (SSSR count). The fourth-order valence-corrected chi connectivity index (χ4v) is 4.21. The largest absolute Gasteiger partial charge is 0.360 e. The van der Waals surface area contributed by atoms with Crippen molar-refractivity contribution < 1.29 is 18.9 Å². The molecular formula is C29H30O4. The van der Waals surface area contributed by atoms with Crippen molar-refractivity contribution in [1.29, 1.82) is 0 Å². The first-order chi connectivity index (χ1) is 16.2. The molecule has 0 radical (unpaired) electrons. The molecule has 0 N–H and O–H groups in total. The Morgan fingerprint density at radius 2 is 1.36 bits per heavy atom. The molecule has 0 aliphatic carbocycles. The minimum Gasteiger partial charge on any atom is -0.360 e. The summed E-state index contributed by atoms with van der Waals surface area (Å²) in [4.78, 5) is 0. The average Bonchev–Trinajstić information content (AvgIpc) is 2.88. The van der Waals surface area contributed by atoms with E-state index < -0.39 is 5.60 Å². The molecule has 1 saturated heterocycles. The SMILES string of the molecule is CC#CCO[C@@H]1CO[C@@H](C)O[C@H]1COC(c1ccccc1)(c1ccccc1)c1ccccc1. The first-order valence-corrected chi connectivity index (χ1v) is 11.3. The highest BCUT2D eigenvalue weighted by Crippen LogP contribution is 2.40. The summed E-state index contributed by atoms with van der Waals surface area (Å²) in [5.41, 5.74) is 2.35. The van der Waals surface area contributed by atoms with Crippen LogP contribution in [0, 0.1) is 11.8 Å². The molecule has 170 valence electrons. The summed E-state index contributed by atoms with van der Waals surface area (Å²) in [6.45, 7) is 4.80. The molecule has 0 unspecified atom stereocenters. The fraction of sp³-hybridized carbons (Fsp3) is 0.310. The van der Waals surface area contributed by atoms with E-state index in [1.165, 1.54) is 0 Å². The molecule has 3 aromatic carbocycles. The molecule has 0 bridgehead atoms. The second kappa shape index (κ2) is 11.3. The van der Waals surface area contributed by atoms with E-state index in [0.717, 1.165) is 16.7 Å². The van der Waals surface area contributed by atoms with E-state index in [1.54, 1.807) is 6.92 Å². The van der Waals surface area contributed by atoms with Gasteiger partial charge in [0.2, 0.25) is 0 Å². The van der Waals surface area contributed by atoms with Gasteiger partial charge in [0.25, 0.3) is 0 Å². The van der Waals surface area contributed by atoms with Crippen molar-refractivity contribution in [3.05, 3.63) is 108 Å². The molecule has 1 heterocycles. The lowest BCUT2D eigenvalue weighted by Crippen LogP contribution is -2.48. The van der Waals surface area contributed by atoms with Crippen molar-refractivity contribution in [2.24, 2.45) is 0 Å². The molecule has 4 nitrogen and oxygen atoms in total. The quantitative estimate of drug-likeness (QED) is 0.357. The summed E-state index contributed by atoms with van der Waals surface area (Å²) in [5.74, 6) is 5.82. The van der Waals surface area contributed by atoms with Gasteiger partial charge >= 0.3 is 0 Å². The van der Waals surface area contributed by atoms with E-state index in [2.05, 4.69) is 48.2 Å². The van der Waals surface area contributed by atoms with Crippen LogP contribution in [0.2, 0.25) is 0 Å². The number of hydrogen-bond donors (Lipinski definition) is 0. The number of hydrogen-bond acceptors (Lipinski definition) is 4. The van der Waals surface area contributed by atoms with Gasteiger partial charge in [-0.1, -0.05) is 96.9 Å². The van der Waals surface area contributed by atoms with Crippen LogP contribution in [-0.4, -0.2) is 38.3 Å². The van der Waals surface area contributed by atoms with Gasteiger partial charge in [0.1, 0.15) is 24.4 Å². The van der Waals surface area contributed by atoms with E-state index in [0.29, 0.717) is 19.8 Å². The number of rotatable bonds is 8. The van der Waals surface area contributed by atoms with Crippen LogP contribution in [0.1, 0.15) is 30.5 Å². The second-order valence-electron chi connectivity index (χ2n) is 7.94. The van der Waals surface area contributed by atoms with Gasteiger partial charge in [0, 0.05) is 0 Å².